The summed E-state index contributed by atoms with van der Waals surface area (Å²) in [6.07, 6.45) is -1.72. The quantitative estimate of drug-likeness (QED) is 0.414. The van der Waals surface area contributed by atoms with Crippen molar-refractivity contribution in [3.63, 3.8) is 0 Å². The molecule has 0 bridgehead atoms. The van der Waals surface area contributed by atoms with E-state index in [0.29, 0.717) is 0 Å². The molecule has 7 heteroatoms. The number of aliphatic hydroxyl groups is 2. The Hall–Kier alpha value is 0.0500. The van der Waals surface area contributed by atoms with Crippen LogP contribution < -0.4 is 0 Å². The Morgan fingerprint density at radius 3 is 2.27 bits per heavy atom. The molecule has 1 aromatic rings. The van der Waals surface area contributed by atoms with Crippen LogP contribution in [-0.4, -0.2) is 61.1 Å². The van der Waals surface area contributed by atoms with Gasteiger partial charge in [-0.05, 0) is 12.1 Å². The van der Waals surface area contributed by atoms with E-state index in [4.69, 9.17) is 10.2 Å². The van der Waals surface area contributed by atoms with Gasteiger partial charge in [0.15, 0.2) is 6.29 Å². The Labute approximate surface area is 110 Å². The summed E-state index contributed by atoms with van der Waals surface area (Å²) in [5, 5.41) is 17.2. The van der Waals surface area contributed by atoms with Crippen molar-refractivity contribution in [2.24, 2.45) is 0 Å². The third kappa shape index (κ3) is 4.60. The van der Waals surface area contributed by atoms with Crippen LogP contribution in [0.2, 0.25) is 0 Å². The standard InChI is InChI=1S/C8H10O5S.Na/c9-6-8(10)13-14(11,12)7-4-2-1-3-5-7;/h1-5,8-10H,6H2;. The fourth-order valence-corrected chi connectivity index (χ4v) is 1.77. The Kier molecular flexibility index (Phi) is 6.62. The smallest absolute Gasteiger partial charge is 0.299 e. The molecule has 0 saturated heterocycles. The molecule has 1 rings (SSSR count). The van der Waals surface area contributed by atoms with Crippen LogP contribution in [0.25, 0.3) is 0 Å². The fraction of sp³-hybridized carbons (Fsp3) is 0.250. The maximum absolute atomic E-state index is 11.3. The van der Waals surface area contributed by atoms with Crippen molar-refractivity contribution in [1.29, 1.82) is 0 Å². The molecule has 5 nitrogen and oxygen atoms in total. The van der Waals surface area contributed by atoms with Gasteiger partial charge in [0.2, 0.25) is 0 Å². The Morgan fingerprint density at radius 2 is 1.80 bits per heavy atom. The van der Waals surface area contributed by atoms with Crippen molar-refractivity contribution < 1.29 is 22.8 Å². The van der Waals surface area contributed by atoms with E-state index in [-0.39, 0.29) is 34.5 Å². The monoisotopic (exact) mass is 241 g/mol. The van der Waals surface area contributed by atoms with Gasteiger partial charge in [-0.25, -0.2) is 4.18 Å². The van der Waals surface area contributed by atoms with Crippen molar-refractivity contribution in [2.75, 3.05) is 6.61 Å². The SMILES string of the molecule is O=S(=O)(OC(O)CO)c1ccccc1.[Na]. The van der Waals surface area contributed by atoms with Crippen LogP contribution in [0.1, 0.15) is 0 Å². The molecular weight excluding hydrogens is 231 g/mol. The van der Waals surface area contributed by atoms with Crippen LogP contribution in [0.15, 0.2) is 35.2 Å². The fourth-order valence-electron chi connectivity index (χ4n) is 0.819. The van der Waals surface area contributed by atoms with E-state index in [2.05, 4.69) is 4.18 Å². The van der Waals surface area contributed by atoms with Crippen LogP contribution in [0.5, 0.6) is 0 Å². The predicted molar refractivity (Wildman–Crippen MR) is 53.6 cm³/mol. The molecule has 0 fully saturated rings. The molecule has 15 heavy (non-hydrogen) atoms. The second kappa shape index (κ2) is 6.59. The van der Waals surface area contributed by atoms with Gasteiger partial charge in [-0.2, -0.15) is 8.42 Å². The summed E-state index contributed by atoms with van der Waals surface area (Å²) >= 11 is 0. The Morgan fingerprint density at radius 1 is 1.27 bits per heavy atom. The van der Waals surface area contributed by atoms with E-state index < -0.39 is 23.0 Å². The summed E-state index contributed by atoms with van der Waals surface area (Å²) in [5.41, 5.74) is 0. The van der Waals surface area contributed by atoms with Crippen LogP contribution in [0.3, 0.4) is 0 Å². The van der Waals surface area contributed by atoms with Crippen LogP contribution in [0.4, 0.5) is 0 Å². The first-order chi connectivity index (χ1) is 6.56. The third-order valence-corrected chi connectivity index (χ3v) is 2.75. The minimum atomic E-state index is -3.98. The van der Waals surface area contributed by atoms with E-state index in [1.807, 2.05) is 0 Å². The van der Waals surface area contributed by atoms with Gasteiger partial charge >= 0.3 is 0 Å². The zero-order valence-electron chi connectivity index (χ0n) is 8.20. The topological polar surface area (TPSA) is 83.8 Å². The van der Waals surface area contributed by atoms with Crippen molar-refractivity contribution in [3.05, 3.63) is 30.3 Å². The van der Waals surface area contributed by atoms with Crippen LogP contribution in [-0.2, 0) is 14.3 Å². The molecule has 2 N–H and O–H groups in total. The predicted octanol–water partition coefficient (Wildman–Crippen LogP) is -0.678. The van der Waals surface area contributed by atoms with E-state index in [1.165, 1.54) is 24.3 Å². The number of aliphatic hydroxyl groups excluding tert-OH is 2. The molecule has 0 aliphatic carbocycles. The first-order valence-electron chi connectivity index (χ1n) is 3.83. The van der Waals surface area contributed by atoms with Crippen molar-refractivity contribution in [3.8, 4) is 0 Å². The molecule has 0 amide bonds. The molecule has 0 aliphatic heterocycles. The zero-order chi connectivity index (χ0) is 10.6. The maximum atomic E-state index is 11.3. The molecule has 79 valence electrons. The first-order valence-corrected chi connectivity index (χ1v) is 5.24. The van der Waals surface area contributed by atoms with E-state index in [0.717, 1.165) is 0 Å². The van der Waals surface area contributed by atoms with Crippen LogP contribution in [0, 0.1) is 0 Å². The largest absolute Gasteiger partial charge is 0.391 e. The van der Waals surface area contributed by atoms with Gasteiger partial charge in [0.05, 0.1) is 11.5 Å². The molecule has 1 radical (unpaired) electrons. The number of hydrogen-bond acceptors (Lipinski definition) is 5. The average Bonchev–Trinajstić information content (AvgIpc) is 2.18. The summed E-state index contributed by atoms with van der Waals surface area (Å²) in [6.45, 7) is -0.772. The van der Waals surface area contributed by atoms with Gasteiger partial charge < -0.3 is 10.2 Å². The first kappa shape index (κ1) is 15.0. The minimum absolute atomic E-state index is 0. The van der Waals surface area contributed by atoms with Crippen molar-refractivity contribution in [2.45, 2.75) is 11.2 Å². The van der Waals surface area contributed by atoms with Gasteiger partial charge in [0, 0.05) is 29.6 Å². The zero-order valence-corrected chi connectivity index (χ0v) is 11.0. The normalized spacial score (nSPS) is 12.9. The van der Waals surface area contributed by atoms with Gasteiger partial charge in [-0.15, -0.1) is 0 Å². The summed E-state index contributed by atoms with van der Waals surface area (Å²) in [6, 6.07) is 7.38. The second-order valence-corrected chi connectivity index (χ2v) is 4.07. The van der Waals surface area contributed by atoms with Gasteiger partial charge in [-0.3, -0.25) is 0 Å². The van der Waals surface area contributed by atoms with Gasteiger partial charge in [-0.1, -0.05) is 18.2 Å². The Bertz CT molecular complexity index is 377. The molecule has 0 aliphatic rings. The second-order valence-electron chi connectivity index (χ2n) is 2.50. The molecular formula is C8H10NaO5S. The summed E-state index contributed by atoms with van der Waals surface area (Å²) in [4.78, 5) is -0.0625. The summed E-state index contributed by atoms with van der Waals surface area (Å²) in [5.74, 6) is 0. The molecule has 0 spiro atoms. The maximum Gasteiger partial charge on any atom is 0.299 e. The third-order valence-electron chi connectivity index (χ3n) is 1.43. The van der Waals surface area contributed by atoms with Crippen LogP contribution >= 0.6 is 0 Å². The van der Waals surface area contributed by atoms with Gasteiger partial charge in [0.25, 0.3) is 10.1 Å². The molecule has 1 unspecified atom stereocenters. The number of hydrogen-bond donors (Lipinski definition) is 2. The molecule has 0 aromatic heterocycles. The number of benzene rings is 1. The Balaban J connectivity index is 0.00000196. The van der Waals surface area contributed by atoms with E-state index in [1.54, 1.807) is 6.07 Å². The number of rotatable bonds is 4. The molecule has 1 aromatic carbocycles. The van der Waals surface area contributed by atoms with E-state index in [9.17, 15) is 8.42 Å². The van der Waals surface area contributed by atoms with Gasteiger partial charge in [0.1, 0.15) is 0 Å². The van der Waals surface area contributed by atoms with E-state index >= 15 is 0 Å². The summed E-state index contributed by atoms with van der Waals surface area (Å²) in [7, 11) is -3.98. The molecule has 0 heterocycles. The van der Waals surface area contributed by atoms with Crippen molar-refractivity contribution >= 4 is 39.7 Å². The minimum Gasteiger partial charge on any atom is -0.391 e. The molecule has 0 saturated carbocycles. The van der Waals surface area contributed by atoms with Crippen molar-refractivity contribution in [1.82, 2.24) is 0 Å². The summed E-state index contributed by atoms with van der Waals surface area (Å²) < 4.78 is 26.9. The average molecular weight is 241 g/mol. The molecule has 1 atom stereocenters.